The van der Waals surface area contributed by atoms with Crippen molar-refractivity contribution in [2.24, 2.45) is 0 Å². The zero-order valence-corrected chi connectivity index (χ0v) is 15.5. The van der Waals surface area contributed by atoms with Gasteiger partial charge in [0.1, 0.15) is 0 Å². The molecule has 0 saturated heterocycles. The van der Waals surface area contributed by atoms with Crippen LogP contribution in [0.2, 0.25) is 0 Å². The van der Waals surface area contributed by atoms with Crippen LogP contribution in [-0.4, -0.2) is 34.5 Å². The maximum absolute atomic E-state index is 8.77. The molecule has 3 nitrogen and oxygen atoms in total. The number of hydrogen-bond acceptors (Lipinski definition) is 3. The largest absolute Gasteiger partial charge is 0.368 e. The van der Waals surface area contributed by atoms with E-state index in [0.29, 0.717) is 6.42 Å². The molecule has 0 aliphatic carbocycles. The van der Waals surface area contributed by atoms with Crippen LogP contribution < -0.4 is 0 Å². The average molecular weight is 336 g/mol. The SMILES string of the molecule is CCN(CCCCCCCCCCCC(O)O)Cc1ccccc1. The van der Waals surface area contributed by atoms with Gasteiger partial charge in [-0.3, -0.25) is 4.90 Å². The normalized spacial score (nSPS) is 11.5. The van der Waals surface area contributed by atoms with Crippen molar-refractivity contribution in [3.05, 3.63) is 35.9 Å². The van der Waals surface area contributed by atoms with E-state index in [1.807, 2.05) is 0 Å². The highest BCUT2D eigenvalue weighted by molar-refractivity contribution is 5.14. The quantitative estimate of drug-likeness (QED) is 0.360. The first-order valence-corrected chi connectivity index (χ1v) is 9.84. The van der Waals surface area contributed by atoms with Crippen LogP contribution >= 0.6 is 0 Å². The minimum atomic E-state index is -1.12. The van der Waals surface area contributed by atoms with Crippen molar-refractivity contribution in [2.75, 3.05) is 13.1 Å². The molecule has 0 amide bonds. The van der Waals surface area contributed by atoms with E-state index in [0.717, 1.165) is 25.9 Å². The standard InChI is InChI=1S/C21H37NO2/c1-2-22(19-20-15-11-10-12-16-20)18-14-9-7-5-3-4-6-8-13-17-21(23)24/h10-12,15-16,21,23-24H,2-9,13-14,17-19H2,1H3. The molecule has 1 rings (SSSR count). The Morgan fingerprint density at radius 2 is 1.33 bits per heavy atom. The van der Waals surface area contributed by atoms with E-state index in [1.165, 1.54) is 57.1 Å². The van der Waals surface area contributed by atoms with Gasteiger partial charge in [0.15, 0.2) is 6.29 Å². The fraction of sp³-hybridized carbons (Fsp3) is 0.714. The van der Waals surface area contributed by atoms with E-state index in [4.69, 9.17) is 10.2 Å². The van der Waals surface area contributed by atoms with Crippen molar-refractivity contribution in [2.45, 2.75) is 84.0 Å². The molecule has 3 heteroatoms. The van der Waals surface area contributed by atoms with Gasteiger partial charge in [0.25, 0.3) is 0 Å². The second kappa shape index (κ2) is 14.4. The Bertz CT molecular complexity index is 381. The number of benzene rings is 1. The van der Waals surface area contributed by atoms with Crippen LogP contribution in [0.3, 0.4) is 0 Å². The highest BCUT2D eigenvalue weighted by Gasteiger charge is 2.03. The summed E-state index contributed by atoms with van der Waals surface area (Å²) in [6.07, 6.45) is 10.6. The average Bonchev–Trinajstić information content (AvgIpc) is 2.59. The Balaban J connectivity index is 1.91. The summed E-state index contributed by atoms with van der Waals surface area (Å²) in [5.74, 6) is 0. The van der Waals surface area contributed by atoms with Crippen LogP contribution in [0.1, 0.15) is 76.7 Å². The van der Waals surface area contributed by atoms with Gasteiger partial charge in [0.2, 0.25) is 0 Å². The number of aliphatic hydroxyl groups is 2. The maximum Gasteiger partial charge on any atom is 0.151 e. The molecule has 0 unspecified atom stereocenters. The van der Waals surface area contributed by atoms with Crippen LogP contribution in [0.4, 0.5) is 0 Å². The van der Waals surface area contributed by atoms with Crippen LogP contribution in [0.25, 0.3) is 0 Å². The molecule has 0 atom stereocenters. The van der Waals surface area contributed by atoms with E-state index in [1.54, 1.807) is 0 Å². The summed E-state index contributed by atoms with van der Waals surface area (Å²) >= 11 is 0. The lowest BCUT2D eigenvalue weighted by Crippen LogP contribution is -2.23. The van der Waals surface area contributed by atoms with Gasteiger partial charge < -0.3 is 10.2 Å². The molecule has 0 spiro atoms. The highest BCUT2D eigenvalue weighted by atomic mass is 16.5. The maximum atomic E-state index is 8.77. The molecular weight excluding hydrogens is 298 g/mol. The predicted molar refractivity (Wildman–Crippen MR) is 102 cm³/mol. The second-order valence-corrected chi connectivity index (χ2v) is 6.81. The highest BCUT2D eigenvalue weighted by Crippen LogP contribution is 2.12. The van der Waals surface area contributed by atoms with Gasteiger partial charge in [-0.05, 0) is 37.9 Å². The van der Waals surface area contributed by atoms with Crippen molar-refractivity contribution in [3.8, 4) is 0 Å². The summed E-state index contributed by atoms with van der Waals surface area (Å²) < 4.78 is 0. The van der Waals surface area contributed by atoms with E-state index in [2.05, 4.69) is 42.2 Å². The predicted octanol–water partition coefficient (Wildman–Crippen LogP) is 4.72. The smallest absolute Gasteiger partial charge is 0.151 e. The van der Waals surface area contributed by atoms with Gasteiger partial charge >= 0.3 is 0 Å². The topological polar surface area (TPSA) is 43.7 Å². The van der Waals surface area contributed by atoms with Gasteiger partial charge in [-0.1, -0.05) is 82.2 Å². The van der Waals surface area contributed by atoms with Crippen LogP contribution in [0.5, 0.6) is 0 Å². The molecule has 0 radical (unpaired) electrons. The molecule has 24 heavy (non-hydrogen) atoms. The number of unbranched alkanes of at least 4 members (excludes halogenated alkanes) is 8. The number of hydrogen-bond donors (Lipinski definition) is 2. The van der Waals surface area contributed by atoms with Gasteiger partial charge in [-0.2, -0.15) is 0 Å². The molecule has 0 fully saturated rings. The Morgan fingerprint density at radius 3 is 1.88 bits per heavy atom. The zero-order chi connectivity index (χ0) is 17.5. The summed E-state index contributed by atoms with van der Waals surface area (Å²) in [5.41, 5.74) is 1.41. The molecule has 0 bridgehead atoms. The first kappa shape index (κ1) is 21.1. The molecule has 1 aromatic carbocycles. The third-order valence-electron chi connectivity index (χ3n) is 4.63. The lowest BCUT2D eigenvalue weighted by molar-refractivity contribution is -0.0466. The molecule has 0 heterocycles. The van der Waals surface area contributed by atoms with Crippen molar-refractivity contribution >= 4 is 0 Å². The van der Waals surface area contributed by atoms with Crippen LogP contribution in [-0.2, 0) is 6.54 Å². The van der Waals surface area contributed by atoms with Crippen molar-refractivity contribution < 1.29 is 10.2 Å². The van der Waals surface area contributed by atoms with E-state index in [-0.39, 0.29) is 0 Å². The fourth-order valence-electron chi connectivity index (χ4n) is 3.09. The van der Waals surface area contributed by atoms with E-state index >= 15 is 0 Å². The van der Waals surface area contributed by atoms with Gasteiger partial charge in [-0.15, -0.1) is 0 Å². The van der Waals surface area contributed by atoms with Crippen molar-refractivity contribution in [1.82, 2.24) is 4.90 Å². The summed E-state index contributed by atoms with van der Waals surface area (Å²) in [6.45, 7) is 5.64. The molecule has 0 aliphatic heterocycles. The zero-order valence-electron chi connectivity index (χ0n) is 15.5. The molecule has 1 aromatic rings. The number of rotatable bonds is 15. The monoisotopic (exact) mass is 335 g/mol. The summed E-state index contributed by atoms with van der Waals surface area (Å²) in [5, 5.41) is 17.5. The number of nitrogens with zero attached hydrogens (tertiary/aromatic N) is 1. The molecule has 0 aliphatic rings. The Labute approximate surface area is 148 Å². The lowest BCUT2D eigenvalue weighted by Gasteiger charge is -2.20. The first-order valence-electron chi connectivity index (χ1n) is 9.84. The van der Waals surface area contributed by atoms with E-state index in [9.17, 15) is 0 Å². The first-order chi connectivity index (χ1) is 11.7. The van der Waals surface area contributed by atoms with Crippen LogP contribution in [0, 0.1) is 0 Å². The molecule has 2 N–H and O–H groups in total. The minimum absolute atomic E-state index is 0.525. The number of aliphatic hydroxyl groups excluding tert-OH is 1. The van der Waals surface area contributed by atoms with E-state index < -0.39 is 6.29 Å². The third kappa shape index (κ3) is 11.6. The Morgan fingerprint density at radius 1 is 0.792 bits per heavy atom. The summed E-state index contributed by atoms with van der Waals surface area (Å²) in [4.78, 5) is 2.53. The summed E-state index contributed by atoms with van der Waals surface area (Å²) in [7, 11) is 0. The van der Waals surface area contributed by atoms with Crippen molar-refractivity contribution in [1.29, 1.82) is 0 Å². The van der Waals surface area contributed by atoms with Gasteiger partial charge in [0.05, 0.1) is 0 Å². The summed E-state index contributed by atoms with van der Waals surface area (Å²) in [6, 6.07) is 10.7. The molecule has 138 valence electrons. The van der Waals surface area contributed by atoms with Gasteiger partial charge in [0, 0.05) is 6.54 Å². The lowest BCUT2D eigenvalue weighted by atomic mass is 10.1. The Kier molecular flexibility index (Phi) is 12.7. The molecular formula is C21H37NO2. The second-order valence-electron chi connectivity index (χ2n) is 6.81. The third-order valence-corrected chi connectivity index (χ3v) is 4.63. The molecule has 0 aromatic heterocycles. The minimum Gasteiger partial charge on any atom is -0.368 e. The van der Waals surface area contributed by atoms with Crippen molar-refractivity contribution in [3.63, 3.8) is 0 Å². The molecule has 0 saturated carbocycles. The fourth-order valence-corrected chi connectivity index (χ4v) is 3.09. The van der Waals surface area contributed by atoms with Gasteiger partial charge in [-0.25, -0.2) is 0 Å². The van der Waals surface area contributed by atoms with Crippen LogP contribution in [0.15, 0.2) is 30.3 Å². The Hall–Kier alpha value is -0.900.